The van der Waals surface area contributed by atoms with Gasteiger partial charge in [0, 0.05) is 19.3 Å². The van der Waals surface area contributed by atoms with Crippen molar-refractivity contribution in [1.29, 1.82) is 0 Å². The fourth-order valence-electron chi connectivity index (χ4n) is 1.59. The molecule has 0 amide bonds. The highest BCUT2D eigenvalue weighted by Gasteiger charge is 2.20. The van der Waals surface area contributed by atoms with Gasteiger partial charge in [0.2, 0.25) is 0 Å². The van der Waals surface area contributed by atoms with E-state index >= 15 is 0 Å². The highest BCUT2D eigenvalue weighted by Crippen LogP contribution is 2.12. The summed E-state index contributed by atoms with van der Waals surface area (Å²) in [6.45, 7) is 9.53. The molecule has 0 rings (SSSR count). The van der Waals surface area contributed by atoms with Gasteiger partial charge in [-0.05, 0) is 27.2 Å². The number of unbranched alkanes of at least 4 members (excludes halogenated alkanes) is 1. The molecule has 0 N–H and O–H groups in total. The van der Waals surface area contributed by atoms with Crippen LogP contribution in [-0.2, 0) is 9.53 Å². The van der Waals surface area contributed by atoms with Crippen LogP contribution in [0.25, 0.3) is 0 Å². The van der Waals surface area contributed by atoms with E-state index in [1.54, 1.807) is 6.21 Å². The van der Waals surface area contributed by atoms with E-state index in [2.05, 4.69) is 0 Å². The normalized spacial score (nSPS) is 14.4. The maximum atomic E-state index is 11.7. The van der Waals surface area contributed by atoms with Crippen molar-refractivity contribution >= 4 is 12.2 Å². The van der Waals surface area contributed by atoms with Crippen LogP contribution in [0.1, 0.15) is 66.7 Å². The highest BCUT2D eigenvalue weighted by atomic mass is 16.6. The minimum absolute atomic E-state index is 0.121. The summed E-state index contributed by atoms with van der Waals surface area (Å²) in [5.74, 6) is -0.232. The Labute approximate surface area is 111 Å². The Balaban J connectivity index is 4.19. The number of esters is 1. The predicted molar refractivity (Wildman–Crippen MR) is 73.8 cm³/mol. The first kappa shape index (κ1) is 16.9. The molecule has 18 heavy (non-hydrogen) atoms. The van der Waals surface area contributed by atoms with Gasteiger partial charge in [-0.3, -0.25) is 4.79 Å². The summed E-state index contributed by atoms with van der Waals surface area (Å²) in [5.41, 5.74) is -0.454. The van der Waals surface area contributed by atoms with Gasteiger partial charge < -0.3 is 9.94 Å². The van der Waals surface area contributed by atoms with Gasteiger partial charge in [-0.15, -0.1) is 0 Å². The van der Waals surface area contributed by atoms with Crippen LogP contribution in [-0.4, -0.2) is 28.6 Å². The third kappa shape index (κ3) is 8.09. The maximum absolute atomic E-state index is 11.7. The molecular weight excluding hydrogens is 230 g/mol. The van der Waals surface area contributed by atoms with Gasteiger partial charge in [0.15, 0.2) is 12.3 Å². The Hall–Kier alpha value is -1.06. The number of hydrogen-bond donors (Lipinski definition) is 0. The van der Waals surface area contributed by atoms with E-state index in [1.165, 1.54) is 0 Å². The predicted octanol–water partition coefficient (Wildman–Crippen LogP) is 3.27. The Kier molecular flexibility index (Phi) is 7.64. The molecule has 0 saturated heterocycles. The largest absolute Gasteiger partial charge is 0.624 e. The zero-order valence-electron chi connectivity index (χ0n) is 12.4. The van der Waals surface area contributed by atoms with Gasteiger partial charge in [-0.25, -0.2) is 4.74 Å². The van der Waals surface area contributed by atoms with Crippen LogP contribution in [0.2, 0.25) is 0 Å². The first-order valence-corrected chi connectivity index (χ1v) is 6.80. The zero-order valence-corrected chi connectivity index (χ0v) is 12.4. The summed E-state index contributed by atoms with van der Waals surface area (Å²) < 4.78 is 6.22. The molecule has 4 nitrogen and oxygen atoms in total. The van der Waals surface area contributed by atoms with E-state index in [-0.39, 0.29) is 12.0 Å². The van der Waals surface area contributed by atoms with Crippen LogP contribution in [0, 0.1) is 5.21 Å². The van der Waals surface area contributed by atoms with Crippen molar-refractivity contribution in [2.75, 3.05) is 0 Å². The summed E-state index contributed by atoms with van der Waals surface area (Å²) >= 11 is 0. The van der Waals surface area contributed by atoms with Gasteiger partial charge >= 0.3 is 5.97 Å². The van der Waals surface area contributed by atoms with E-state index in [4.69, 9.17) is 4.74 Å². The molecule has 0 aliphatic carbocycles. The Bertz CT molecular complexity index is 279. The SMILES string of the molecule is CCC/C=[N+](\[O-])C(CC)CCC(=O)OC(C)(C)C. The average molecular weight is 257 g/mol. The van der Waals surface area contributed by atoms with Crippen LogP contribution in [0.5, 0.6) is 0 Å². The molecule has 0 aromatic heterocycles. The number of carbonyl (C=O) groups excluding carboxylic acids is 1. The molecule has 0 aliphatic rings. The number of hydrogen-bond acceptors (Lipinski definition) is 3. The monoisotopic (exact) mass is 257 g/mol. The van der Waals surface area contributed by atoms with E-state index < -0.39 is 5.60 Å². The lowest BCUT2D eigenvalue weighted by atomic mass is 10.1. The third-order valence-corrected chi connectivity index (χ3v) is 2.53. The van der Waals surface area contributed by atoms with Crippen LogP contribution >= 0.6 is 0 Å². The summed E-state index contributed by atoms with van der Waals surface area (Å²) in [4.78, 5) is 11.6. The molecule has 0 bridgehead atoms. The number of nitrogens with zero attached hydrogens (tertiary/aromatic N) is 1. The van der Waals surface area contributed by atoms with Crippen molar-refractivity contribution in [3.63, 3.8) is 0 Å². The molecule has 0 fully saturated rings. The zero-order chi connectivity index (χ0) is 14.2. The highest BCUT2D eigenvalue weighted by molar-refractivity contribution is 5.69. The van der Waals surface area contributed by atoms with E-state index in [0.29, 0.717) is 12.8 Å². The Morgan fingerprint density at radius 3 is 2.44 bits per heavy atom. The van der Waals surface area contributed by atoms with E-state index in [0.717, 1.165) is 24.0 Å². The van der Waals surface area contributed by atoms with Crippen LogP contribution in [0.3, 0.4) is 0 Å². The first-order chi connectivity index (χ1) is 8.30. The Morgan fingerprint density at radius 2 is 2.00 bits per heavy atom. The smallest absolute Gasteiger partial charge is 0.306 e. The van der Waals surface area contributed by atoms with Crippen LogP contribution in [0.4, 0.5) is 0 Å². The second-order valence-corrected chi connectivity index (χ2v) is 5.52. The molecule has 4 heteroatoms. The van der Waals surface area contributed by atoms with Gasteiger partial charge in [0.25, 0.3) is 0 Å². The van der Waals surface area contributed by atoms with E-state index in [9.17, 15) is 10.0 Å². The van der Waals surface area contributed by atoms with Gasteiger partial charge in [-0.2, -0.15) is 0 Å². The number of hydroxylamine groups is 1. The molecule has 0 aliphatic heterocycles. The minimum Gasteiger partial charge on any atom is -0.624 e. The lowest BCUT2D eigenvalue weighted by Crippen LogP contribution is -2.27. The molecule has 0 radical (unpaired) electrons. The number of rotatable bonds is 7. The lowest BCUT2D eigenvalue weighted by Gasteiger charge is -2.20. The fourth-order valence-corrected chi connectivity index (χ4v) is 1.59. The summed E-state index contributed by atoms with van der Waals surface area (Å²) in [6.07, 6.45) is 5.01. The fraction of sp³-hybridized carbons (Fsp3) is 0.857. The first-order valence-electron chi connectivity index (χ1n) is 6.80. The number of ether oxygens (including phenoxy) is 1. The molecule has 0 spiro atoms. The average Bonchev–Trinajstić information content (AvgIpc) is 2.24. The summed E-state index contributed by atoms with van der Waals surface area (Å²) in [6, 6.07) is -0.121. The molecule has 0 heterocycles. The standard InChI is InChI=1S/C14H27NO3/c1-6-8-11-15(17)12(7-2)9-10-13(16)18-14(3,4)5/h11-12H,6-10H2,1-5H3/b15-11-. The van der Waals surface area contributed by atoms with Gasteiger partial charge in [0.05, 0.1) is 6.42 Å². The molecule has 1 unspecified atom stereocenters. The van der Waals surface area contributed by atoms with Crippen molar-refractivity contribution < 1.29 is 14.3 Å². The second-order valence-electron chi connectivity index (χ2n) is 5.52. The lowest BCUT2D eigenvalue weighted by molar-refractivity contribution is -0.499. The third-order valence-electron chi connectivity index (χ3n) is 2.53. The van der Waals surface area contributed by atoms with Gasteiger partial charge in [-0.1, -0.05) is 13.8 Å². The molecular formula is C14H27NO3. The maximum Gasteiger partial charge on any atom is 0.306 e. The quantitative estimate of drug-likeness (QED) is 0.231. The van der Waals surface area contributed by atoms with Crippen molar-refractivity contribution in [1.82, 2.24) is 0 Å². The number of carbonyl (C=O) groups is 1. The topological polar surface area (TPSA) is 52.4 Å². The van der Waals surface area contributed by atoms with Crippen molar-refractivity contribution in [2.45, 2.75) is 78.4 Å². The molecule has 106 valence electrons. The van der Waals surface area contributed by atoms with Gasteiger partial charge in [0.1, 0.15) is 5.60 Å². The second kappa shape index (κ2) is 8.11. The molecule has 0 saturated carbocycles. The minimum atomic E-state index is -0.454. The van der Waals surface area contributed by atoms with Crippen molar-refractivity contribution in [2.24, 2.45) is 0 Å². The van der Waals surface area contributed by atoms with Crippen LogP contribution < -0.4 is 0 Å². The van der Waals surface area contributed by atoms with Crippen molar-refractivity contribution in [3.05, 3.63) is 5.21 Å². The van der Waals surface area contributed by atoms with Crippen LogP contribution in [0.15, 0.2) is 0 Å². The summed E-state index contributed by atoms with van der Waals surface area (Å²) in [7, 11) is 0. The molecule has 0 aromatic rings. The van der Waals surface area contributed by atoms with E-state index in [1.807, 2.05) is 34.6 Å². The molecule has 1 atom stereocenters. The molecule has 0 aromatic carbocycles. The summed E-state index contributed by atoms with van der Waals surface area (Å²) in [5, 5.41) is 11.7. The Morgan fingerprint density at radius 1 is 1.39 bits per heavy atom. The van der Waals surface area contributed by atoms with Crippen molar-refractivity contribution in [3.8, 4) is 0 Å².